The highest BCUT2D eigenvalue weighted by atomic mass is 16.6. The number of nitro groups is 1. The van der Waals surface area contributed by atoms with E-state index in [1.54, 1.807) is 0 Å². The fourth-order valence-electron chi connectivity index (χ4n) is 3.09. The van der Waals surface area contributed by atoms with Crippen molar-refractivity contribution >= 4 is 11.5 Å². The molecule has 0 amide bonds. The average molecular weight is 294 g/mol. The van der Waals surface area contributed by atoms with Gasteiger partial charge >= 0.3 is 5.69 Å². The normalized spacial score (nSPS) is 22.1. The van der Waals surface area contributed by atoms with Gasteiger partial charge in [-0.15, -0.1) is 0 Å². The molecule has 0 aliphatic heterocycles. The highest BCUT2D eigenvalue weighted by Gasteiger charge is 2.31. The molecular formula is C14H22N4O3. The Morgan fingerprint density at radius 1 is 1.38 bits per heavy atom. The van der Waals surface area contributed by atoms with Crippen molar-refractivity contribution in [2.75, 3.05) is 12.4 Å². The van der Waals surface area contributed by atoms with Gasteiger partial charge in [0.2, 0.25) is 5.82 Å². The van der Waals surface area contributed by atoms with Crippen molar-refractivity contribution in [3.63, 3.8) is 0 Å². The number of ether oxygens (including phenoxy) is 1. The number of nitrogens with one attached hydrogen (secondary N) is 1. The zero-order valence-electron chi connectivity index (χ0n) is 12.7. The van der Waals surface area contributed by atoms with Gasteiger partial charge < -0.3 is 10.1 Å². The zero-order valence-corrected chi connectivity index (χ0v) is 12.7. The van der Waals surface area contributed by atoms with Crippen molar-refractivity contribution in [1.82, 2.24) is 9.97 Å². The first-order valence-electron chi connectivity index (χ1n) is 7.34. The van der Waals surface area contributed by atoms with E-state index in [1.807, 2.05) is 0 Å². The molecule has 0 spiro atoms. The Kier molecular flexibility index (Phi) is 4.93. The first kappa shape index (κ1) is 15.5. The van der Waals surface area contributed by atoms with E-state index in [4.69, 9.17) is 4.74 Å². The molecule has 1 aromatic rings. The summed E-state index contributed by atoms with van der Waals surface area (Å²) in [4.78, 5) is 18.6. The third-order valence-electron chi connectivity index (χ3n) is 4.16. The molecule has 0 bridgehead atoms. The third-order valence-corrected chi connectivity index (χ3v) is 4.16. The van der Waals surface area contributed by atoms with Gasteiger partial charge in [0.25, 0.3) is 5.88 Å². The summed E-state index contributed by atoms with van der Waals surface area (Å²) in [6.45, 7) is 4.39. The lowest BCUT2D eigenvalue weighted by molar-refractivity contribution is -0.385. The number of anilines is 1. The van der Waals surface area contributed by atoms with E-state index in [9.17, 15) is 10.1 Å². The van der Waals surface area contributed by atoms with E-state index in [1.165, 1.54) is 19.9 Å². The first-order valence-corrected chi connectivity index (χ1v) is 7.34. The van der Waals surface area contributed by atoms with E-state index in [0.717, 1.165) is 19.3 Å². The number of methoxy groups -OCH3 is 1. The summed E-state index contributed by atoms with van der Waals surface area (Å²) in [7, 11) is 1.37. The highest BCUT2D eigenvalue weighted by Crippen LogP contribution is 2.36. The van der Waals surface area contributed by atoms with Crippen LogP contribution in [0, 0.1) is 22.0 Å². The molecule has 21 heavy (non-hydrogen) atoms. The summed E-state index contributed by atoms with van der Waals surface area (Å²) in [5.41, 5.74) is -0.187. The molecule has 2 rings (SSSR count). The van der Waals surface area contributed by atoms with Gasteiger partial charge in [-0.1, -0.05) is 26.7 Å². The van der Waals surface area contributed by atoms with Gasteiger partial charge in [-0.25, -0.2) is 4.98 Å². The Morgan fingerprint density at radius 3 is 2.71 bits per heavy atom. The van der Waals surface area contributed by atoms with E-state index in [0.29, 0.717) is 11.8 Å². The molecule has 1 saturated carbocycles. The molecule has 7 nitrogen and oxygen atoms in total. The van der Waals surface area contributed by atoms with Crippen molar-refractivity contribution in [3.8, 4) is 5.88 Å². The standard InChI is InChI=1S/C14H22N4O3/c1-9(2)10-6-4-5-7-11(10)17-13-12(18(19)20)14(21-3)16-8-15-13/h8-11H,4-7H2,1-3H3,(H,15,16,17). The smallest absolute Gasteiger partial charge is 0.372 e. The Hall–Kier alpha value is -1.92. The Labute approximate surface area is 124 Å². The molecule has 1 N–H and O–H groups in total. The summed E-state index contributed by atoms with van der Waals surface area (Å²) in [6, 6.07) is 0.206. The lowest BCUT2D eigenvalue weighted by Gasteiger charge is -2.35. The van der Waals surface area contributed by atoms with E-state index < -0.39 is 4.92 Å². The van der Waals surface area contributed by atoms with Crippen molar-refractivity contribution in [2.45, 2.75) is 45.6 Å². The van der Waals surface area contributed by atoms with Crippen LogP contribution < -0.4 is 10.1 Å². The fraction of sp³-hybridized carbons (Fsp3) is 0.714. The predicted molar refractivity (Wildman–Crippen MR) is 79.4 cm³/mol. The van der Waals surface area contributed by atoms with Crippen LogP contribution in [-0.2, 0) is 0 Å². The van der Waals surface area contributed by atoms with Crippen molar-refractivity contribution in [1.29, 1.82) is 0 Å². The van der Waals surface area contributed by atoms with Gasteiger partial charge in [0.05, 0.1) is 12.0 Å². The van der Waals surface area contributed by atoms with E-state index >= 15 is 0 Å². The molecule has 0 aromatic carbocycles. The van der Waals surface area contributed by atoms with Gasteiger partial charge in [-0.05, 0) is 24.7 Å². The number of hydrogen-bond acceptors (Lipinski definition) is 6. The van der Waals surface area contributed by atoms with Crippen LogP contribution in [0.4, 0.5) is 11.5 Å². The van der Waals surface area contributed by atoms with Crippen molar-refractivity contribution in [2.24, 2.45) is 11.8 Å². The Bertz CT molecular complexity index is 507. The molecule has 0 radical (unpaired) electrons. The highest BCUT2D eigenvalue weighted by molar-refractivity contribution is 5.61. The van der Waals surface area contributed by atoms with Crippen LogP contribution >= 0.6 is 0 Å². The maximum absolute atomic E-state index is 11.3. The second kappa shape index (κ2) is 6.69. The second-order valence-electron chi connectivity index (χ2n) is 5.78. The lowest BCUT2D eigenvalue weighted by atomic mass is 9.78. The molecule has 1 heterocycles. The predicted octanol–water partition coefficient (Wildman–Crippen LogP) is 3.02. The molecule has 2 unspecified atom stereocenters. The molecule has 2 atom stereocenters. The average Bonchev–Trinajstić information content (AvgIpc) is 2.47. The summed E-state index contributed by atoms with van der Waals surface area (Å²) >= 11 is 0. The number of hydrogen-bond donors (Lipinski definition) is 1. The van der Waals surface area contributed by atoms with Gasteiger partial charge in [0.1, 0.15) is 6.33 Å². The molecule has 116 valence electrons. The summed E-state index contributed by atoms with van der Waals surface area (Å²) in [5.74, 6) is 1.28. The van der Waals surface area contributed by atoms with Crippen LogP contribution in [0.3, 0.4) is 0 Å². The van der Waals surface area contributed by atoms with Gasteiger partial charge in [0, 0.05) is 6.04 Å². The number of aromatic nitrogens is 2. The largest absolute Gasteiger partial charge is 0.476 e. The van der Waals surface area contributed by atoms with Crippen LogP contribution in [0.2, 0.25) is 0 Å². The van der Waals surface area contributed by atoms with Crippen LogP contribution in [0.15, 0.2) is 6.33 Å². The summed E-state index contributed by atoms with van der Waals surface area (Å²) in [6.07, 6.45) is 5.80. The Balaban J connectivity index is 2.27. The maximum atomic E-state index is 11.3. The van der Waals surface area contributed by atoms with E-state index in [-0.39, 0.29) is 23.4 Å². The molecular weight excluding hydrogens is 272 g/mol. The SMILES string of the molecule is COc1ncnc(NC2CCCCC2C(C)C)c1[N+](=O)[O-]. The first-order chi connectivity index (χ1) is 10.0. The van der Waals surface area contributed by atoms with Gasteiger partial charge in [-0.2, -0.15) is 4.98 Å². The summed E-state index contributed by atoms with van der Waals surface area (Å²) in [5, 5.41) is 14.5. The topological polar surface area (TPSA) is 90.2 Å². The monoisotopic (exact) mass is 294 g/mol. The van der Waals surface area contributed by atoms with Crippen LogP contribution in [0.5, 0.6) is 5.88 Å². The minimum Gasteiger partial charge on any atom is -0.476 e. The number of nitrogens with zero attached hydrogens (tertiary/aromatic N) is 3. The maximum Gasteiger partial charge on any atom is 0.372 e. The minimum atomic E-state index is -0.492. The van der Waals surface area contributed by atoms with Gasteiger partial charge in [-0.3, -0.25) is 10.1 Å². The molecule has 7 heteroatoms. The molecule has 1 fully saturated rings. The third kappa shape index (κ3) is 3.40. The summed E-state index contributed by atoms with van der Waals surface area (Å²) < 4.78 is 4.98. The van der Waals surface area contributed by atoms with Crippen molar-refractivity contribution in [3.05, 3.63) is 16.4 Å². The fourth-order valence-corrected chi connectivity index (χ4v) is 3.09. The van der Waals surface area contributed by atoms with Crippen LogP contribution in [-0.4, -0.2) is 28.0 Å². The quantitative estimate of drug-likeness (QED) is 0.663. The lowest BCUT2D eigenvalue weighted by Crippen LogP contribution is -2.35. The Morgan fingerprint density at radius 2 is 2.10 bits per heavy atom. The molecule has 1 aliphatic rings. The minimum absolute atomic E-state index is 0.00518. The molecule has 1 aliphatic carbocycles. The van der Waals surface area contributed by atoms with Crippen LogP contribution in [0.25, 0.3) is 0 Å². The second-order valence-corrected chi connectivity index (χ2v) is 5.78. The molecule has 1 aromatic heterocycles. The molecule has 0 saturated heterocycles. The van der Waals surface area contributed by atoms with Crippen LogP contribution in [0.1, 0.15) is 39.5 Å². The number of rotatable bonds is 5. The van der Waals surface area contributed by atoms with Crippen molar-refractivity contribution < 1.29 is 9.66 Å². The zero-order chi connectivity index (χ0) is 15.4. The van der Waals surface area contributed by atoms with Gasteiger partial charge in [0.15, 0.2) is 0 Å². The van der Waals surface area contributed by atoms with E-state index in [2.05, 4.69) is 29.1 Å².